The van der Waals surface area contributed by atoms with Gasteiger partial charge in [-0.15, -0.1) is 0 Å². The van der Waals surface area contributed by atoms with Gasteiger partial charge in [0.05, 0.1) is 26.4 Å². The number of rotatable bonds is 88. The monoisotopic (exact) mass is 1590 g/mol. The van der Waals surface area contributed by atoms with Crippen molar-refractivity contribution in [2.24, 2.45) is 17.8 Å². The second-order valence-corrected chi connectivity index (χ2v) is 36.4. The van der Waals surface area contributed by atoms with Gasteiger partial charge in [-0.25, -0.2) is 9.13 Å². The summed E-state index contributed by atoms with van der Waals surface area (Å²) < 4.78 is 69.0. The summed E-state index contributed by atoms with van der Waals surface area (Å²) in [5.74, 6) is 0.322. The maximum atomic E-state index is 13.2. The van der Waals surface area contributed by atoms with Crippen molar-refractivity contribution in [1.82, 2.24) is 0 Å². The molecule has 0 aromatic rings. The average Bonchev–Trinajstić information content (AvgIpc) is 0.898. The summed E-state index contributed by atoms with van der Waals surface area (Å²) in [6.07, 6.45) is 72.2. The van der Waals surface area contributed by atoms with E-state index in [1.807, 2.05) is 0 Å². The fourth-order valence-electron chi connectivity index (χ4n) is 14.0. The molecule has 0 spiro atoms. The van der Waals surface area contributed by atoms with Gasteiger partial charge in [-0.3, -0.25) is 37.3 Å². The van der Waals surface area contributed by atoms with Gasteiger partial charge in [0.2, 0.25) is 0 Å². The second kappa shape index (κ2) is 79.9. The zero-order valence-corrected chi connectivity index (χ0v) is 73.8. The summed E-state index contributed by atoms with van der Waals surface area (Å²) >= 11 is 0. The smallest absolute Gasteiger partial charge is 0.462 e. The third-order valence-corrected chi connectivity index (χ3v) is 23.4. The first-order valence-corrected chi connectivity index (χ1v) is 49.4. The molecule has 3 N–H and O–H groups in total. The van der Waals surface area contributed by atoms with Crippen molar-refractivity contribution in [2.75, 3.05) is 39.6 Å². The van der Waals surface area contributed by atoms with Gasteiger partial charge in [0.1, 0.15) is 19.3 Å². The number of phosphoric ester groups is 2. The zero-order chi connectivity index (χ0) is 80.0. The molecule has 0 aromatic carbocycles. The number of ether oxygens (including phenoxy) is 4. The molecular weight excluding hydrogens is 1410 g/mol. The van der Waals surface area contributed by atoms with Crippen LogP contribution in [0.1, 0.15) is 479 Å². The van der Waals surface area contributed by atoms with Crippen LogP contribution < -0.4 is 0 Å². The van der Waals surface area contributed by atoms with Crippen LogP contribution in [-0.2, 0) is 65.4 Å². The third kappa shape index (κ3) is 82.4. The van der Waals surface area contributed by atoms with Crippen LogP contribution in [0.25, 0.3) is 0 Å². The van der Waals surface area contributed by atoms with E-state index in [1.54, 1.807) is 0 Å². The summed E-state index contributed by atoms with van der Waals surface area (Å²) in [4.78, 5) is 73.4. The normalized spacial score (nSPS) is 14.1. The van der Waals surface area contributed by atoms with E-state index in [0.717, 1.165) is 108 Å². The molecule has 648 valence electrons. The molecule has 0 radical (unpaired) electrons. The van der Waals surface area contributed by atoms with E-state index >= 15 is 0 Å². The summed E-state index contributed by atoms with van der Waals surface area (Å²) in [6.45, 7) is 12.1. The number of carbonyl (C=O) groups excluding carboxylic acids is 4. The van der Waals surface area contributed by atoms with Gasteiger partial charge in [-0.1, -0.05) is 427 Å². The molecule has 0 fully saturated rings. The molecule has 0 saturated carbocycles. The number of hydrogen-bond donors (Lipinski definition) is 3. The summed E-state index contributed by atoms with van der Waals surface area (Å²) in [7, 11) is -9.93. The van der Waals surface area contributed by atoms with E-state index in [9.17, 15) is 43.2 Å². The first-order valence-electron chi connectivity index (χ1n) is 46.4. The van der Waals surface area contributed by atoms with E-state index in [0.29, 0.717) is 25.7 Å². The lowest BCUT2D eigenvalue weighted by molar-refractivity contribution is -0.161. The van der Waals surface area contributed by atoms with Crippen LogP contribution in [0.3, 0.4) is 0 Å². The Kier molecular flexibility index (Phi) is 78.5. The van der Waals surface area contributed by atoms with Gasteiger partial charge in [0, 0.05) is 25.7 Å². The highest BCUT2D eigenvalue weighted by Crippen LogP contribution is 2.45. The summed E-state index contributed by atoms with van der Waals surface area (Å²) in [5, 5.41) is 10.7. The number of unbranched alkanes of at least 4 members (excludes halogenated alkanes) is 55. The SMILES string of the molecule is CCCCCCCCCCCCCCCCCC(=O)O[C@H](COC(=O)CCCCCCCCCCC(C)CC)COP(=O)(O)OC[C@H](O)COP(=O)(O)OC[C@@H](COC(=O)CCCCCCCCCCCCCCCCCCCCC(C)C)OC(=O)CCCCCCCCCCCCCCCCCCCCC(C)C. The predicted octanol–water partition coefficient (Wildman–Crippen LogP) is 27.6. The van der Waals surface area contributed by atoms with E-state index in [2.05, 4.69) is 48.5 Å². The van der Waals surface area contributed by atoms with E-state index in [4.69, 9.17) is 37.0 Å². The maximum Gasteiger partial charge on any atom is 0.472 e. The summed E-state index contributed by atoms with van der Waals surface area (Å²) in [6, 6.07) is 0. The number of phosphoric acid groups is 2. The molecule has 0 heterocycles. The quantitative estimate of drug-likeness (QED) is 0.0222. The molecule has 0 bridgehead atoms. The highest BCUT2D eigenvalue weighted by Gasteiger charge is 2.31. The molecule has 0 rings (SSSR count). The Morgan fingerprint density at radius 3 is 0.697 bits per heavy atom. The Balaban J connectivity index is 5.24. The molecule has 0 aliphatic heterocycles. The van der Waals surface area contributed by atoms with Gasteiger partial charge in [0.15, 0.2) is 12.2 Å². The Morgan fingerprint density at radius 2 is 0.468 bits per heavy atom. The first kappa shape index (κ1) is 107. The highest BCUT2D eigenvalue weighted by molar-refractivity contribution is 7.47. The number of carbonyl (C=O) groups is 4. The highest BCUT2D eigenvalue weighted by atomic mass is 31.2. The molecule has 0 aliphatic carbocycles. The van der Waals surface area contributed by atoms with Crippen molar-refractivity contribution in [2.45, 2.75) is 497 Å². The Morgan fingerprint density at radius 1 is 0.266 bits per heavy atom. The minimum atomic E-state index is -4.97. The lowest BCUT2D eigenvalue weighted by Crippen LogP contribution is -2.30. The standard InChI is InChI=1S/C90H176O17P2/c1-8-10-11-12-13-14-15-16-25-33-38-43-52-59-66-73-90(95)107-86(78-101-88(93)72-65-58-51-46-45-49-56-63-70-83(7)9-2)80-105-109(98,99)103-76-84(91)75-102-108(96,97)104-79-85(106-89(94)74-67-60-53-44-39-34-29-24-20-18-22-27-31-36-41-48-55-62-69-82(5)6)77-100-87(92)71-64-57-50-42-37-32-28-23-19-17-21-26-30-35-40-47-54-61-68-81(3)4/h81-86,91H,8-80H2,1-7H3,(H,96,97)(H,98,99)/t83?,84-,85-,86-/m1/s1. The van der Waals surface area contributed by atoms with Crippen molar-refractivity contribution < 1.29 is 80.2 Å². The van der Waals surface area contributed by atoms with Crippen molar-refractivity contribution in [3.8, 4) is 0 Å². The van der Waals surface area contributed by atoms with Crippen LogP contribution in [0.5, 0.6) is 0 Å². The molecule has 0 saturated heterocycles. The molecule has 17 nitrogen and oxygen atoms in total. The topological polar surface area (TPSA) is 237 Å². The molecule has 6 atom stereocenters. The number of aliphatic hydroxyl groups excluding tert-OH is 1. The van der Waals surface area contributed by atoms with Crippen LogP contribution in [0.2, 0.25) is 0 Å². The largest absolute Gasteiger partial charge is 0.472 e. The van der Waals surface area contributed by atoms with Crippen molar-refractivity contribution >= 4 is 39.5 Å². The molecule has 109 heavy (non-hydrogen) atoms. The molecule has 0 aromatic heterocycles. The van der Waals surface area contributed by atoms with Gasteiger partial charge >= 0.3 is 39.5 Å². The van der Waals surface area contributed by atoms with Crippen LogP contribution in [0.15, 0.2) is 0 Å². The van der Waals surface area contributed by atoms with Crippen molar-refractivity contribution in [3.05, 3.63) is 0 Å². The zero-order valence-electron chi connectivity index (χ0n) is 72.0. The minimum Gasteiger partial charge on any atom is -0.462 e. The van der Waals surface area contributed by atoms with E-state index in [1.165, 1.54) is 289 Å². The number of esters is 4. The third-order valence-electron chi connectivity index (χ3n) is 21.5. The van der Waals surface area contributed by atoms with Crippen LogP contribution in [0, 0.1) is 17.8 Å². The lowest BCUT2D eigenvalue weighted by Gasteiger charge is -2.21. The fourth-order valence-corrected chi connectivity index (χ4v) is 15.6. The molecule has 0 aliphatic rings. The average molecular weight is 1590 g/mol. The molecule has 0 amide bonds. The van der Waals surface area contributed by atoms with E-state index < -0.39 is 97.5 Å². The predicted molar refractivity (Wildman–Crippen MR) is 451 cm³/mol. The second-order valence-electron chi connectivity index (χ2n) is 33.5. The Bertz CT molecular complexity index is 2100. The van der Waals surface area contributed by atoms with Gasteiger partial charge in [-0.2, -0.15) is 0 Å². The molecule has 19 heteroatoms. The van der Waals surface area contributed by atoms with Gasteiger partial charge in [-0.05, 0) is 43.4 Å². The van der Waals surface area contributed by atoms with Crippen LogP contribution in [-0.4, -0.2) is 96.7 Å². The maximum absolute atomic E-state index is 13.2. The van der Waals surface area contributed by atoms with Crippen LogP contribution in [0.4, 0.5) is 0 Å². The van der Waals surface area contributed by atoms with Crippen molar-refractivity contribution in [1.29, 1.82) is 0 Å². The summed E-state index contributed by atoms with van der Waals surface area (Å²) in [5.41, 5.74) is 0. The fraction of sp³-hybridized carbons (Fsp3) is 0.956. The van der Waals surface area contributed by atoms with Crippen molar-refractivity contribution in [3.63, 3.8) is 0 Å². The first-order chi connectivity index (χ1) is 52.8. The molecule has 3 unspecified atom stereocenters. The number of aliphatic hydroxyl groups is 1. The van der Waals surface area contributed by atoms with Gasteiger partial charge < -0.3 is 33.8 Å². The Labute approximate surface area is 670 Å². The lowest BCUT2D eigenvalue weighted by atomic mass is 9.99. The number of hydrogen-bond acceptors (Lipinski definition) is 15. The van der Waals surface area contributed by atoms with Crippen LogP contribution >= 0.6 is 15.6 Å². The van der Waals surface area contributed by atoms with Gasteiger partial charge in [0.25, 0.3) is 0 Å². The van der Waals surface area contributed by atoms with E-state index in [-0.39, 0.29) is 25.7 Å². The minimum absolute atomic E-state index is 0.108. The molecular formula is C90H176O17P2. The Hall–Kier alpha value is -1.94.